The summed E-state index contributed by atoms with van der Waals surface area (Å²) in [7, 11) is 0. The van der Waals surface area contributed by atoms with Gasteiger partial charge >= 0.3 is 0 Å². The minimum atomic E-state index is -0.153. The molecule has 1 aromatic carbocycles. The molecule has 0 aliphatic rings. The number of halogens is 2. The van der Waals surface area contributed by atoms with Gasteiger partial charge in [0.15, 0.2) is 5.13 Å². The first-order valence-corrected chi connectivity index (χ1v) is 6.98. The molecule has 1 N–H and O–H groups in total. The van der Waals surface area contributed by atoms with Gasteiger partial charge in [0.25, 0.3) is 0 Å². The van der Waals surface area contributed by atoms with E-state index < -0.39 is 0 Å². The van der Waals surface area contributed by atoms with Crippen LogP contribution in [0.25, 0.3) is 0 Å². The van der Waals surface area contributed by atoms with Gasteiger partial charge in [0.1, 0.15) is 17.4 Å². The van der Waals surface area contributed by atoms with Crippen molar-refractivity contribution in [2.24, 2.45) is 0 Å². The zero-order chi connectivity index (χ0) is 13.8. The molecule has 1 aromatic heterocycles. The monoisotopic (exact) mass is 316 g/mol. The molecule has 0 fully saturated rings. The lowest BCUT2D eigenvalue weighted by molar-refractivity contribution is -0.114. The number of nitrogens with one attached hydrogen (secondary N) is 1. The van der Waals surface area contributed by atoms with Crippen LogP contribution in [-0.2, 0) is 11.4 Å². The van der Waals surface area contributed by atoms with E-state index in [1.165, 1.54) is 18.3 Å². The molecule has 0 bridgehead atoms. The smallest absolute Gasteiger partial charge is 0.223 e. The number of amides is 1. The van der Waals surface area contributed by atoms with Crippen molar-refractivity contribution in [2.75, 3.05) is 5.32 Å². The zero-order valence-electron chi connectivity index (χ0n) is 9.94. The molecule has 1 amide bonds. The summed E-state index contributed by atoms with van der Waals surface area (Å²) >= 11 is 13.2. The third-order valence-electron chi connectivity index (χ3n) is 2.13. The highest BCUT2D eigenvalue weighted by Crippen LogP contribution is 2.32. The Labute approximate surface area is 124 Å². The summed E-state index contributed by atoms with van der Waals surface area (Å²) in [5, 5.41) is 5.78. The molecule has 0 radical (unpaired) electrons. The van der Waals surface area contributed by atoms with Gasteiger partial charge in [-0.3, -0.25) is 4.79 Å². The van der Waals surface area contributed by atoms with Gasteiger partial charge < -0.3 is 10.1 Å². The fraction of sp³-hybridized carbons (Fsp3) is 0.167. The summed E-state index contributed by atoms with van der Waals surface area (Å²) in [5.74, 6) is 0.350. The number of anilines is 1. The Kier molecular flexibility index (Phi) is 4.63. The molecule has 100 valence electrons. The number of nitrogens with zero attached hydrogens (tertiary/aromatic N) is 1. The van der Waals surface area contributed by atoms with Crippen molar-refractivity contribution >= 4 is 45.6 Å². The van der Waals surface area contributed by atoms with Gasteiger partial charge in [0, 0.05) is 12.3 Å². The first kappa shape index (κ1) is 14.1. The number of hydrogen-bond donors (Lipinski definition) is 1. The lowest BCUT2D eigenvalue weighted by Gasteiger charge is -2.07. The van der Waals surface area contributed by atoms with Crippen LogP contribution >= 0.6 is 34.5 Å². The molecule has 0 aliphatic carbocycles. The average Bonchev–Trinajstić information content (AvgIpc) is 2.78. The first-order valence-electron chi connectivity index (χ1n) is 5.35. The van der Waals surface area contributed by atoms with Crippen LogP contribution in [-0.4, -0.2) is 10.9 Å². The van der Waals surface area contributed by atoms with Gasteiger partial charge in [-0.15, -0.1) is 11.3 Å². The van der Waals surface area contributed by atoms with Crippen molar-refractivity contribution in [3.8, 4) is 5.75 Å². The number of hydrogen-bond acceptors (Lipinski definition) is 4. The molecule has 7 heteroatoms. The van der Waals surface area contributed by atoms with Crippen molar-refractivity contribution in [1.82, 2.24) is 4.98 Å². The van der Waals surface area contributed by atoms with Crippen LogP contribution in [0.2, 0.25) is 10.0 Å². The Balaban J connectivity index is 2.00. The first-order chi connectivity index (χ1) is 9.06. The van der Waals surface area contributed by atoms with E-state index in [2.05, 4.69) is 10.3 Å². The van der Waals surface area contributed by atoms with Crippen molar-refractivity contribution in [2.45, 2.75) is 13.5 Å². The van der Waals surface area contributed by atoms with Crippen LogP contribution in [0.15, 0.2) is 23.6 Å². The third-order valence-corrected chi connectivity index (χ3v) is 3.73. The van der Waals surface area contributed by atoms with E-state index in [0.29, 0.717) is 26.6 Å². The second-order valence-electron chi connectivity index (χ2n) is 3.67. The predicted octanol–water partition coefficient (Wildman–Crippen LogP) is 3.99. The minimum absolute atomic E-state index is 0.153. The number of carbonyl (C=O) groups is 1. The highest BCUT2D eigenvalue weighted by Gasteiger charge is 2.08. The molecule has 0 saturated carbocycles. The SMILES string of the molecule is CC(=O)Nc1nc(COc2cccc(Cl)c2Cl)cs1. The molecule has 19 heavy (non-hydrogen) atoms. The van der Waals surface area contributed by atoms with Crippen LogP contribution in [0, 0.1) is 0 Å². The standard InChI is InChI=1S/C12H10Cl2N2O2S/c1-7(17)15-12-16-8(6-19-12)5-18-10-4-2-3-9(13)11(10)14/h2-4,6H,5H2,1H3,(H,15,16,17). The molecular formula is C12H10Cl2N2O2S. The number of aromatic nitrogens is 1. The van der Waals surface area contributed by atoms with Crippen LogP contribution in [0.5, 0.6) is 5.75 Å². The molecule has 2 aromatic rings. The number of thiazole rings is 1. The molecule has 0 spiro atoms. The second kappa shape index (κ2) is 6.23. The lowest BCUT2D eigenvalue weighted by Crippen LogP contribution is -2.05. The van der Waals surface area contributed by atoms with Crippen LogP contribution in [0.3, 0.4) is 0 Å². The van der Waals surface area contributed by atoms with Crippen LogP contribution < -0.4 is 10.1 Å². The summed E-state index contributed by atoms with van der Waals surface area (Å²) in [5.41, 5.74) is 0.713. The molecule has 4 nitrogen and oxygen atoms in total. The lowest BCUT2D eigenvalue weighted by atomic mass is 10.3. The summed E-state index contributed by atoms with van der Waals surface area (Å²) < 4.78 is 5.54. The van der Waals surface area contributed by atoms with E-state index in [1.54, 1.807) is 18.2 Å². The Morgan fingerprint density at radius 3 is 3.00 bits per heavy atom. The average molecular weight is 317 g/mol. The largest absolute Gasteiger partial charge is 0.486 e. The maximum atomic E-state index is 10.9. The number of benzene rings is 1. The fourth-order valence-electron chi connectivity index (χ4n) is 1.33. The zero-order valence-corrected chi connectivity index (χ0v) is 12.3. The van der Waals surface area contributed by atoms with Gasteiger partial charge in [0.2, 0.25) is 5.91 Å². The number of rotatable bonds is 4. The van der Waals surface area contributed by atoms with Crippen LogP contribution in [0.4, 0.5) is 5.13 Å². The third kappa shape index (κ3) is 3.83. The van der Waals surface area contributed by atoms with Gasteiger partial charge in [-0.05, 0) is 12.1 Å². The fourth-order valence-corrected chi connectivity index (χ4v) is 2.42. The Morgan fingerprint density at radius 2 is 2.26 bits per heavy atom. The maximum Gasteiger partial charge on any atom is 0.223 e. The molecule has 1 heterocycles. The van der Waals surface area contributed by atoms with Crippen molar-refractivity contribution in [3.05, 3.63) is 39.3 Å². The predicted molar refractivity (Wildman–Crippen MR) is 77.2 cm³/mol. The normalized spacial score (nSPS) is 10.3. The van der Waals surface area contributed by atoms with Crippen molar-refractivity contribution in [1.29, 1.82) is 0 Å². The molecular weight excluding hydrogens is 307 g/mol. The minimum Gasteiger partial charge on any atom is -0.486 e. The van der Waals surface area contributed by atoms with E-state index >= 15 is 0 Å². The number of ether oxygens (including phenoxy) is 1. The Hall–Kier alpha value is -1.30. The quantitative estimate of drug-likeness (QED) is 0.928. The van der Waals surface area contributed by atoms with E-state index in [-0.39, 0.29) is 12.5 Å². The molecule has 2 rings (SSSR count). The Morgan fingerprint density at radius 1 is 1.47 bits per heavy atom. The van der Waals surface area contributed by atoms with Crippen molar-refractivity contribution in [3.63, 3.8) is 0 Å². The van der Waals surface area contributed by atoms with Gasteiger partial charge in [0.05, 0.1) is 10.7 Å². The summed E-state index contributed by atoms with van der Waals surface area (Å²) in [6.45, 7) is 1.69. The van der Waals surface area contributed by atoms with Gasteiger partial charge in [-0.1, -0.05) is 29.3 Å². The van der Waals surface area contributed by atoms with E-state index in [1.807, 2.05) is 5.38 Å². The van der Waals surface area contributed by atoms with Crippen LogP contribution in [0.1, 0.15) is 12.6 Å². The summed E-state index contributed by atoms with van der Waals surface area (Å²) in [6.07, 6.45) is 0. The topological polar surface area (TPSA) is 51.2 Å². The summed E-state index contributed by atoms with van der Waals surface area (Å²) in [6, 6.07) is 5.18. The molecule has 0 unspecified atom stereocenters. The second-order valence-corrected chi connectivity index (χ2v) is 5.31. The summed E-state index contributed by atoms with van der Waals surface area (Å²) in [4.78, 5) is 15.1. The van der Waals surface area contributed by atoms with Gasteiger partial charge in [-0.25, -0.2) is 4.98 Å². The molecule has 0 saturated heterocycles. The highest BCUT2D eigenvalue weighted by atomic mass is 35.5. The van der Waals surface area contributed by atoms with E-state index in [9.17, 15) is 4.79 Å². The van der Waals surface area contributed by atoms with Gasteiger partial charge in [-0.2, -0.15) is 0 Å². The number of carbonyl (C=O) groups excluding carboxylic acids is 1. The van der Waals surface area contributed by atoms with E-state index in [4.69, 9.17) is 27.9 Å². The van der Waals surface area contributed by atoms with E-state index in [0.717, 1.165) is 0 Å². The molecule has 0 aliphatic heterocycles. The van der Waals surface area contributed by atoms with Crippen molar-refractivity contribution < 1.29 is 9.53 Å². The Bertz CT molecular complexity index is 601. The highest BCUT2D eigenvalue weighted by molar-refractivity contribution is 7.13. The molecule has 0 atom stereocenters. The maximum absolute atomic E-state index is 10.9.